The highest BCUT2D eigenvalue weighted by Gasteiger charge is 2.07. The van der Waals surface area contributed by atoms with Crippen molar-refractivity contribution in [3.63, 3.8) is 0 Å². The second-order valence-corrected chi connectivity index (χ2v) is 3.00. The maximum Gasteiger partial charge on any atom is 0.335 e. The molecule has 0 amide bonds. The van der Waals surface area contributed by atoms with Crippen LogP contribution in [0.3, 0.4) is 0 Å². The molecule has 0 heterocycles. The summed E-state index contributed by atoms with van der Waals surface area (Å²) in [4.78, 5) is 10.3. The molecule has 1 unspecified atom stereocenters. The Morgan fingerprint density at radius 1 is 1.38 bits per heavy atom. The SMILES string of the molecule is CC([NH3+])O.O=C(O)c1cc(O)c([O-])c(O)c1. The highest BCUT2D eigenvalue weighted by molar-refractivity contribution is 5.89. The van der Waals surface area contributed by atoms with Crippen LogP contribution in [-0.2, 0) is 0 Å². The van der Waals surface area contributed by atoms with E-state index in [2.05, 4.69) is 5.73 Å². The molecule has 0 aliphatic heterocycles. The molecule has 0 radical (unpaired) electrons. The molecule has 1 aromatic rings. The molecule has 1 rings (SSSR count). The predicted molar refractivity (Wildman–Crippen MR) is 50.7 cm³/mol. The van der Waals surface area contributed by atoms with Crippen molar-refractivity contribution in [2.45, 2.75) is 13.2 Å². The van der Waals surface area contributed by atoms with Gasteiger partial charge in [0.25, 0.3) is 0 Å². The van der Waals surface area contributed by atoms with Crippen LogP contribution >= 0.6 is 0 Å². The summed E-state index contributed by atoms with van der Waals surface area (Å²) in [5, 5.41) is 44.6. The number of phenols is 2. The molecule has 7 N–H and O–H groups in total. The van der Waals surface area contributed by atoms with Gasteiger partial charge in [-0.2, -0.15) is 0 Å². The number of hydrogen-bond donors (Lipinski definition) is 5. The number of aliphatic hydroxyl groups is 1. The van der Waals surface area contributed by atoms with Gasteiger partial charge in [0, 0.05) is 6.92 Å². The Kier molecular flexibility index (Phi) is 5.07. The Labute approximate surface area is 91.0 Å². The van der Waals surface area contributed by atoms with Gasteiger partial charge in [-0.25, -0.2) is 4.79 Å². The average Bonchev–Trinajstić information content (AvgIpc) is 2.12. The summed E-state index contributed by atoms with van der Waals surface area (Å²) in [7, 11) is 0. The second-order valence-electron chi connectivity index (χ2n) is 3.00. The van der Waals surface area contributed by atoms with Crippen molar-refractivity contribution in [1.29, 1.82) is 0 Å². The summed E-state index contributed by atoms with van der Waals surface area (Å²) < 4.78 is 0. The van der Waals surface area contributed by atoms with Crippen molar-refractivity contribution < 1.29 is 36.1 Å². The Bertz CT molecular complexity index is 351. The lowest BCUT2D eigenvalue weighted by Crippen LogP contribution is -2.58. The third kappa shape index (κ3) is 4.49. The molecular formula is C9H13NO6. The number of aliphatic hydroxyl groups excluding tert-OH is 1. The minimum absolute atomic E-state index is 0.329. The van der Waals surface area contributed by atoms with Crippen LogP contribution in [0.15, 0.2) is 12.1 Å². The first kappa shape index (κ1) is 14.0. The number of aromatic hydroxyl groups is 2. The van der Waals surface area contributed by atoms with Gasteiger partial charge in [-0.3, -0.25) is 0 Å². The van der Waals surface area contributed by atoms with Gasteiger partial charge >= 0.3 is 5.97 Å². The van der Waals surface area contributed by atoms with Crippen LogP contribution in [-0.4, -0.2) is 32.6 Å². The van der Waals surface area contributed by atoms with Crippen molar-refractivity contribution in [3.8, 4) is 17.2 Å². The largest absolute Gasteiger partial charge is 0.867 e. The molecule has 0 saturated carbocycles. The van der Waals surface area contributed by atoms with E-state index in [9.17, 15) is 9.90 Å². The maximum absolute atomic E-state index is 10.7. The molecule has 0 aromatic heterocycles. The van der Waals surface area contributed by atoms with E-state index in [1.807, 2.05) is 0 Å². The van der Waals surface area contributed by atoms with Crippen molar-refractivity contribution in [1.82, 2.24) is 0 Å². The first-order chi connectivity index (χ1) is 7.25. The molecular weight excluding hydrogens is 218 g/mol. The lowest BCUT2D eigenvalue weighted by molar-refractivity contribution is -0.475. The van der Waals surface area contributed by atoms with E-state index in [4.69, 9.17) is 20.4 Å². The normalized spacial score (nSPS) is 11.2. The molecule has 1 atom stereocenters. The molecule has 0 fully saturated rings. The first-order valence-electron chi connectivity index (χ1n) is 4.23. The number of aromatic carboxylic acids is 1. The van der Waals surface area contributed by atoms with E-state index >= 15 is 0 Å². The fourth-order valence-electron chi connectivity index (χ4n) is 0.722. The van der Waals surface area contributed by atoms with Gasteiger partial charge in [-0.05, 0) is 17.9 Å². The summed E-state index contributed by atoms with van der Waals surface area (Å²) in [5.74, 6) is -3.83. The van der Waals surface area contributed by atoms with Crippen molar-refractivity contribution >= 4 is 5.97 Å². The van der Waals surface area contributed by atoms with Crippen molar-refractivity contribution in [2.24, 2.45) is 0 Å². The third-order valence-corrected chi connectivity index (χ3v) is 1.30. The molecule has 0 aliphatic carbocycles. The van der Waals surface area contributed by atoms with Crippen LogP contribution in [0.2, 0.25) is 0 Å². The molecule has 0 aliphatic rings. The molecule has 16 heavy (non-hydrogen) atoms. The van der Waals surface area contributed by atoms with Gasteiger partial charge in [0.15, 0.2) is 6.23 Å². The number of quaternary nitrogens is 1. The van der Waals surface area contributed by atoms with E-state index in [0.29, 0.717) is 0 Å². The molecule has 0 bridgehead atoms. The fraction of sp³-hybridized carbons (Fsp3) is 0.222. The molecule has 0 spiro atoms. The Hall–Kier alpha value is -1.99. The van der Waals surface area contributed by atoms with Gasteiger partial charge in [-0.1, -0.05) is 0 Å². The summed E-state index contributed by atoms with van der Waals surface area (Å²) in [5.41, 5.74) is 2.87. The summed E-state index contributed by atoms with van der Waals surface area (Å²) >= 11 is 0. The van der Waals surface area contributed by atoms with E-state index < -0.39 is 29.4 Å². The van der Waals surface area contributed by atoms with E-state index in [0.717, 1.165) is 12.1 Å². The smallest absolute Gasteiger partial charge is 0.335 e. The molecule has 1 aromatic carbocycles. The Morgan fingerprint density at radius 2 is 1.69 bits per heavy atom. The van der Waals surface area contributed by atoms with E-state index in [1.165, 1.54) is 0 Å². The zero-order chi connectivity index (χ0) is 12.9. The molecule has 90 valence electrons. The number of phenolic OH excluding ortho intramolecular Hbond substituents is 2. The van der Waals surface area contributed by atoms with Crippen LogP contribution < -0.4 is 10.8 Å². The summed E-state index contributed by atoms with van der Waals surface area (Å²) in [6, 6.07) is 1.56. The highest BCUT2D eigenvalue weighted by atomic mass is 16.4. The van der Waals surface area contributed by atoms with Gasteiger partial charge < -0.3 is 31.3 Å². The van der Waals surface area contributed by atoms with Crippen molar-refractivity contribution in [2.75, 3.05) is 0 Å². The third-order valence-electron chi connectivity index (χ3n) is 1.30. The predicted octanol–water partition coefficient (Wildman–Crippen LogP) is -1.56. The Morgan fingerprint density at radius 3 is 1.94 bits per heavy atom. The number of carboxylic acid groups (broad SMARTS) is 1. The lowest BCUT2D eigenvalue weighted by atomic mass is 10.2. The minimum Gasteiger partial charge on any atom is -0.867 e. The highest BCUT2D eigenvalue weighted by Crippen LogP contribution is 2.32. The standard InChI is InChI=1S/C7H6O5.C2H7NO/c8-4-1-3(7(11)12)2-5(9)6(4)10;1-2(3)4/h1-2,8-10H,(H,11,12);2,4H,3H2,1H3. The quantitative estimate of drug-likeness (QED) is 0.369. The minimum atomic E-state index is -1.32. The first-order valence-corrected chi connectivity index (χ1v) is 4.23. The number of hydrogen-bond acceptors (Lipinski definition) is 5. The average molecular weight is 231 g/mol. The van der Waals surface area contributed by atoms with E-state index in [1.54, 1.807) is 6.92 Å². The zero-order valence-corrected chi connectivity index (χ0v) is 8.54. The van der Waals surface area contributed by atoms with Gasteiger partial charge in [0.2, 0.25) is 0 Å². The van der Waals surface area contributed by atoms with Crippen LogP contribution in [0.1, 0.15) is 17.3 Å². The van der Waals surface area contributed by atoms with Crippen LogP contribution in [0.4, 0.5) is 0 Å². The Balaban J connectivity index is 0.000000487. The zero-order valence-electron chi connectivity index (χ0n) is 8.54. The maximum atomic E-state index is 10.7. The number of carbonyl (C=O) groups is 1. The van der Waals surface area contributed by atoms with Crippen LogP contribution in [0.5, 0.6) is 17.2 Å². The molecule has 7 nitrogen and oxygen atoms in total. The number of rotatable bonds is 1. The van der Waals surface area contributed by atoms with Gasteiger partial charge in [-0.15, -0.1) is 0 Å². The van der Waals surface area contributed by atoms with Crippen LogP contribution in [0, 0.1) is 0 Å². The van der Waals surface area contributed by atoms with Crippen LogP contribution in [0.25, 0.3) is 0 Å². The lowest BCUT2D eigenvalue weighted by Gasteiger charge is -2.10. The molecule has 7 heteroatoms. The number of benzene rings is 1. The topological polar surface area (TPSA) is 149 Å². The van der Waals surface area contributed by atoms with Gasteiger partial charge in [0.1, 0.15) is 11.5 Å². The fourth-order valence-corrected chi connectivity index (χ4v) is 0.722. The summed E-state index contributed by atoms with van der Waals surface area (Å²) in [6.45, 7) is 1.61. The second kappa shape index (κ2) is 5.79. The van der Waals surface area contributed by atoms with Crippen molar-refractivity contribution in [3.05, 3.63) is 17.7 Å². The van der Waals surface area contributed by atoms with Gasteiger partial charge in [0.05, 0.1) is 5.56 Å². The monoisotopic (exact) mass is 231 g/mol. The van der Waals surface area contributed by atoms with E-state index in [-0.39, 0.29) is 5.56 Å². The summed E-state index contributed by atoms with van der Waals surface area (Å²) in [6.07, 6.45) is -0.417. The molecule has 0 saturated heterocycles. The number of carboxylic acids is 1.